The highest BCUT2D eigenvalue weighted by Crippen LogP contribution is 2.21. The largest absolute Gasteiger partial charge is 0.381 e. The molecule has 2 rings (SSSR count). The first-order valence-electron chi connectivity index (χ1n) is 6.77. The Bertz CT molecular complexity index is 264. The molecule has 0 aromatic carbocycles. The van der Waals surface area contributed by atoms with Crippen molar-refractivity contribution in [2.24, 2.45) is 5.92 Å². The number of rotatable bonds is 2. The Labute approximate surface area is 104 Å². The molecule has 1 amide bonds. The lowest BCUT2D eigenvalue weighted by atomic mass is 9.95. The maximum absolute atomic E-state index is 12.3. The molecule has 2 aliphatic rings. The molecule has 0 bridgehead atoms. The SMILES string of the molecule is COC1CCN(C(=O)[C@H]2CCCCN2)CC1C. The van der Waals surface area contributed by atoms with Crippen LogP contribution in [0.1, 0.15) is 32.6 Å². The molecule has 0 spiro atoms. The molecule has 17 heavy (non-hydrogen) atoms. The number of piperidine rings is 2. The third-order valence-corrected chi connectivity index (χ3v) is 4.05. The van der Waals surface area contributed by atoms with Gasteiger partial charge < -0.3 is 15.0 Å². The maximum atomic E-state index is 12.3. The van der Waals surface area contributed by atoms with Crippen molar-refractivity contribution < 1.29 is 9.53 Å². The molecule has 0 aromatic rings. The smallest absolute Gasteiger partial charge is 0.239 e. The molecule has 98 valence electrons. The van der Waals surface area contributed by atoms with Gasteiger partial charge in [-0.25, -0.2) is 0 Å². The van der Waals surface area contributed by atoms with Crippen LogP contribution >= 0.6 is 0 Å². The van der Waals surface area contributed by atoms with Crippen molar-refractivity contribution in [1.82, 2.24) is 10.2 Å². The van der Waals surface area contributed by atoms with Gasteiger partial charge in [0.2, 0.25) is 5.91 Å². The Morgan fingerprint density at radius 1 is 1.35 bits per heavy atom. The van der Waals surface area contributed by atoms with Gasteiger partial charge in [-0.1, -0.05) is 13.3 Å². The first-order chi connectivity index (χ1) is 8.22. The molecule has 0 aliphatic carbocycles. The highest BCUT2D eigenvalue weighted by molar-refractivity contribution is 5.82. The summed E-state index contributed by atoms with van der Waals surface area (Å²) >= 11 is 0. The van der Waals surface area contributed by atoms with Crippen LogP contribution in [0.3, 0.4) is 0 Å². The van der Waals surface area contributed by atoms with Gasteiger partial charge in [0.1, 0.15) is 0 Å². The normalized spacial score (nSPS) is 34.7. The number of hydrogen-bond donors (Lipinski definition) is 1. The minimum absolute atomic E-state index is 0.0649. The molecule has 2 saturated heterocycles. The van der Waals surface area contributed by atoms with Gasteiger partial charge in [-0.15, -0.1) is 0 Å². The molecule has 4 nitrogen and oxygen atoms in total. The van der Waals surface area contributed by atoms with Crippen molar-refractivity contribution in [3.8, 4) is 0 Å². The quantitative estimate of drug-likeness (QED) is 0.783. The predicted molar refractivity (Wildman–Crippen MR) is 66.8 cm³/mol. The summed E-state index contributed by atoms with van der Waals surface area (Å²) in [7, 11) is 1.77. The zero-order valence-corrected chi connectivity index (χ0v) is 10.9. The van der Waals surface area contributed by atoms with Crippen LogP contribution < -0.4 is 5.32 Å². The van der Waals surface area contributed by atoms with E-state index in [0.29, 0.717) is 17.9 Å². The molecule has 0 radical (unpaired) electrons. The number of hydrogen-bond acceptors (Lipinski definition) is 3. The van der Waals surface area contributed by atoms with Gasteiger partial charge in [0, 0.05) is 20.2 Å². The Balaban J connectivity index is 1.87. The fourth-order valence-corrected chi connectivity index (χ4v) is 2.96. The second kappa shape index (κ2) is 5.83. The zero-order chi connectivity index (χ0) is 12.3. The van der Waals surface area contributed by atoms with Gasteiger partial charge in [0.15, 0.2) is 0 Å². The van der Waals surface area contributed by atoms with Gasteiger partial charge in [0.05, 0.1) is 12.1 Å². The van der Waals surface area contributed by atoms with Crippen LogP contribution in [0, 0.1) is 5.92 Å². The lowest BCUT2D eigenvalue weighted by molar-refractivity contribution is -0.138. The van der Waals surface area contributed by atoms with E-state index in [-0.39, 0.29) is 6.04 Å². The van der Waals surface area contributed by atoms with E-state index in [2.05, 4.69) is 12.2 Å². The number of carbonyl (C=O) groups is 1. The summed E-state index contributed by atoms with van der Waals surface area (Å²) in [6, 6.07) is 0.0649. The summed E-state index contributed by atoms with van der Waals surface area (Å²) in [6.45, 7) is 4.85. The molecule has 2 fully saturated rings. The van der Waals surface area contributed by atoms with E-state index in [1.165, 1.54) is 12.8 Å². The fourth-order valence-electron chi connectivity index (χ4n) is 2.96. The minimum Gasteiger partial charge on any atom is -0.381 e. The van der Waals surface area contributed by atoms with Crippen LogP contribution in [0.25, 0.3) is 0 Å². The second-order valence-electron chi connectivity index (χ2n) is 5.33. The van der Waals surface area contributed by atoms with Gasteiger partial charge in [-0.2, -0.15) is 0 Å². The van der Waals surface area contributed by atoms with E-state index in [1.54, 1.807) is 7.11 Å². The van der Waals surface area contributed by atoms with Crippen LogP contribution in [0.15, 0.2) is 0 Å². The van der Waals surface area contributed by atoms with E-state index >= 15 is 0 Å². The van der Waals surface area contributed by atoms with E-state index in [4.69, 9.17) is 4.74 Å². The first-order valence-corrected chi connectivity index (χ1v) is 6.77. The highest BCUT2D eigenvalue weighted by Gasteiger charge is 2.32. The number of nitrogens with one attached hydrogen (secondary N) is 1. The van der Waals surface area contributed by atoms with Crippen molar-refractivity contribution in [3.05, 3.63) is 0 Å². The summed E-state index contributed by atoms with van der Waals surface area (Å²) < 4.78 is 5.42. The number of methoxy groups -OCH3 is 1. The van der Waals surface area contributed by atoms with Crippen molar-refractivity contribution in [1.29, 1.82) is 0 Å². The van der Waals surface area contributed by atoms with Gasteiger partial charge >= 0.3 is 0 Å². The zero-order valence-electron chi connectivity index (χ0n) is 10.9. The number of nitrogens with zero attached hydrogens (tertiary/aromatic N) is 1. The Morgan fingerprint density at radius 3 is 2.76 bits per heavy atom. The lowest BCUT2D eigenvalue weighted by Gasteiger charge is -2.38. The van der Waals surface area contributed by atoms with Gasteiger partial charge in [0.25, 0.3) is 0 Å². The average Bonchev–Trinajstić information content (AvgIpc) is 2.39. The molecule has 0 aromatic heterocycles. The molecule has 3 atom stereocenters. The third-order valence-electron chi connectivity index (χ3n) is 4.05. The first kappa shape index (κ1) is 12.8. The number of amides is 1. The summed E-state index contributed by atoms with van der Waals surface area (Å²) in [5.74, 6) is 0.743. The second-order valence-corrected chi connectivity index (χ2v) is 5.33. The van der Waals surface area contributed by atoms with E-state index < -0.39 is 0 Å². The maximum Gasteiger partial charge on any atom is 0.239 e. The number of ether oxygens (including phenoxy) is 1. The molecular weight excluding hydrogens is 216 g/mol. The summed E-state index contributed by atoms with van der Waals surface area (Å²) in [5.41, 5.74) is 0. The molecule has 2 unspecified atom stereocenters. The molecule has 2 aliphatic heterocycles. The third kappa shape index (κ3) is 2.99. The summed E-state index contributed by atoms with van der Waals surface area (Å²) in [4.78, 5) is 14.3. The van der Waals surface area contributed by atoms with Crippen molar-refractivity contribution >= 4 is 5.91 Å². The van der Waals surface area contributed by atoms with E-state index in [9.17, 15) is 4.79 Å². The molecule has 1 N–H and O–H groups in total. The van der Waals surface area contributed by atoms with Crippen LogP contribution in [0.4, 0.5) is 0 Å². The highest BCUT2D eigenvalue weighted by atomic mass is 16.5. The predicted octanol–water partition coefficient (Wildman–Crippen LogP) is 1.01. The van der Waals surface area contributed by atoms with Gasteiger partial charge in [-0.3, -0.25) is 4.79 Å². The van der Waals surface area contributed by atoms with E-state index in [0.717, 1.165) is 32.5 Å². The lowest BCUT2D eigenvalue weighted by Crippen LogP contribution is -2.53. The standard InChI is InChI=1S/C13H24N2O2/c1-10-9-15(8-6-12(10)17-2)13(16)11-5-3-4-7-14-11/h10-12,14H,3-9H2,1-2H3/t10?,11-,12?/m1/s1. The molecule has 4 heteroatoms. The summed E-state index contributed by atoms with van der Waals surface area (Å²) in [5, 5.41) is 3.33. The Hall–Kier alpha value is -0.610. The monoisotopic (exact) mass is 240 g/mol. The van der Waals surface area contributed by atoms with Crippen LogP contribution in [-0.4, -0.2) is 49.7 Å². The Morgan fingerprint density at radius 2 is 2.18 bits per heavy atom. The van der Waals surface area contributed by atoms with Crippen LogP contribution in [-0.2, 0) is 9.53 Å². The number of carbonyl (C=O) groups excluding carboxylic acids is 1. The molecular formula is C13H24N2O2. The van der Waals surface area contributed by atoms with Gasteiger partial charge in [-0.05, 0) is 31.7 Å². The Kier molecular flexibility index (Phi) is 4.40. The average molecular weight is 240 g/mol. The van der Waals surface area contributed by atoms with Crippen molar-refractivity contribution in [2.45, 2.75) is 44.8 Å². The summed E-state index contributed by atoms with van der Waals surface area (Å²) in [6.07, 6.45) is 4.66. The van der Waals surface area contributed by atoms with Crippen molar-refractivity contribution in [3.63, 3.8) is 0 Å². The van der Waals surface area contributed by atoms with Crippen LogP contribution in [0.5, 0.6) is 0 Å². The molecule has 2 heterocycles. The van der Waals surface area contributed by atoms with Crippen molar-refractivity contribution in [2.75, 3.05) is 26.7 Å². The fraction of sp³-hybridized carbons (Fsp3) is 0.923. The van der Waals surface area contributed by atoms with E-state index in [1.807, 2.05) is 4.90 Å². The van der Waals surface area contributed by atoms with Crippen LogP contribution in [0.2, 0.25) is 0 Å². The minimum atomic E-state index is 0.0649. The molecule has 0 saturated carbocycles. The number of likely N-dealkylation sites (tertiary alicyclic amines) is 1. The topological polar surface area (TPSA) is 41.6 Å².